The van der Waals surface area contributed by atoms with E-state index in [1.807, 2.05) is 12.1 Å². The smallest absolute Gasteiger partial charge is 0.264 e. The second kappa shape index (κ2) is 5.99. The molecule has 0 N–H and O–H groups in total. The first kappa shape index (κ1) is 15.8. The van der Waals surface area contributed by atoms with Crippen LogP contribution in [0.4, 0.5) is 0 Å². The zero-order chi connectivity index (χ0) is 16.8. The molecule has 2 bridgehead atoms. The second-order valence-corrected chi connectivity index (χ2v) is 8.74. The van der Waals surface area contributed by atoms with E-state index in [-0.39, 0.29) is 18.0 Å². The van der Waals surface area contributed by atoms with Crippen molar-refractivity contribution in [2.45, 2.75) is 65.1 Å². The predicted octanol–water partition coefficient (Wildman–Crippen LogP) is 3.08. The van der Waals surface area contributed by atoms with Crippen LogP contribution in [0.25, 0.3) is 0 Å². The lowest BCUT2D eigenvalue weighted by Gasteiger charge is -2.27. The summed E-state index contributed by atoms with van der Waals surface area (Å²) in [5.41, 5.74) is 0. The van der Waals surface area contributed by atoms with Gasteiger partial charge in [-0.3, -0.25) is 4.79 Å². The van der Waals surface area contributed by atoms with E-state index in [2.05, 4.69) is 40.4 Å². The third-order valence-corrected chi connectivity index (χ3v) is 6.10. The van der Waals surface area contributed by atoms with Crippen LogP contribution in [0.3, 0.4) is 0 Å². The van der Waals surface area contributed by atoms with Gasteiger partial charge in [-0.25, -0.2) is 0 Å². The maximum Gasteiger partial charge on any atom is 0.264 e. The first-order valence-electron chi connectivity index (χ1n) is 8.83. The van der Waals surface area contributed by atoms with E-state index in [4.69, 9.17) is 0 Å². The van der Waals surface area contributed by atoms with Crippen LogP contribution in [0, 0.1) is 12.8 Å². The first-order valence-corrected chi connectivity index (χ1v) is 9.64. The SMILES string of the molecule is Cc1ccc(C(=O)N2C3CCC2Cn2c(CC(C)C)nnc2C3)s1. The molecule has 0 aliphatic carbocycles. The van der Waals surface area contributed by atoms with Gasteiger partial charge in [0.15, 0.2) is 0 Å². The molecule has 2 aliphatic heterocycles. The molecular weight excluding hydrogens is 320 g/mol. The van der Waals surface area contributed by atoms with Crippen molar-refractivity contribution < 1.29 is 4.79 Å². The molecule has 2 aromatic rings. The topological polar surface area (TPSA) is 51.0 Å². The van der Waals surface area contributed by atoms with Crippen LogP contribution >= 0.6 is 11.3 Å². The zero-order valence-electron chi connectivity index (χ0n) is 14.5. The van der Waals surface area contributed by atoms with E-state index in [1.54, 1.807) is 11.3 Å². The van der Waals surface area contributed by atoms with Gasteiger partial charge in [0.2, 0.25) is 0 Å². The maximum absolute atomic E-state index is 13.1. The van der Waals surface area contributed by atoms with Gasteiger partial charge in [-0.1, -0.05) is 13.8 Å². The lowest BCUT2D eigenvalue weighted by molar-refractivity contribution is 0.0670. The minimum absolute atomic E-state index is 0.199. The molecule has 2 aromatic heterocycles. The average Bonchev–Trinajstić information content (AvgIpc) is 3.17. The highest BCUT2D eigenvalue weighted by atomic mass is 32.1. The largest absolute Gasteiger partial charge is 0.330 e. The van der Waals surface area contributed by atoms with Crippen molar-refractivity contribution in [3.8, 4) is 0 Å². The molecule has 0 aromatic carbocycles. The number of aromatic nitrogens is 3. The Morgan fingerprint density at radius 3 is 2.79 bits per heavy atom. The number of fused-ring (bicyclic) bond motifs is 3. The third-order valence-electron chi connectivity index (χ3n) is 5.11. The summed E-state index contributed by atoms with van der Waals surface area (Å²) in [6, 6.07) is 4.54. The Morgan fingerprint density at radius 2 is 2.08 bits per heavy atom. The number of aryl methyl sites for hydroxylation is 1. The highest BCUT2D eigenvalue weighted by Gasteiger charge is 2.41. The summed E-state index contributed by atoms with van der Waals surface area (Å²) in [5, 5.41) is 8.86. The molecule has 0 radical (unpaired) electrons. The van der Waals surface area contributed by atoms with E-state index < -0.39 is 0 Å². The zero-order valence-corrected chi connectivity index (χ0v) is 15.3. The van der Waals surface area contributed by atoms with E-state index in [1.165, 1.54) is 4.88 Å². The summed E-state index contributed by atoms with van der Waals surface area (Å²) in [6.07, 6.45) is 3.94. The van der Waals surface area contributed by atoms with E-state index >= 15 is 0 Å². The molecular formula is C18H24N4OS. The average molecular weight is 344 g/mol. The predicted molar refractivity (Wildman–Crippen MR) is 94.3 cm³/mol. The van der Waals surface area contributed by atoms with Gasteiger partial charge in [0, 0.05) is 30.3 Å². The van der Waals surface area contributed by atoms with Gasteiger partial charge >= 0.3 is 0 Å². The van der Waals surface area contributed by atoms with Crippen molar-refractivity contribution in [3.05, 3.63) is 33.5 Å². The molecule has 0 spiro atoms. The molecule has 2 atom stereocenters. The number of thiophene rings is 1. The third kappa shape index (κ3) is 2.66. The van der Waals surface area contributed by atoms with Gasteiger partial charge in [-0.05, 0) is 37.8 Å². The molecule has 2 unspecified atom stereocenters. The molecule has 0 saturated carbocycles. The van der Waals surface area contributed by atoms with Crippen LogP contribution in [-0.4, -0.2) is 37.7 Å². The summed E-state index contributed by atoms with van der Waals surface area (Å²) >= 11 is 1.60. The molecule has 5 nitrogen and oxygen atoms in total. The molecule has 2 aliphatic rings. The van der Waals surface area contributed by atoms with E-state index in [0.29, 0.717) is 5.92 Å². The summed E-state index contributed by atoms with van der Waals surface area (Å²) in [6.45, 7) is 7.31. The Balaban J connectivity index is 1.62. The highest BCUT2D eigenvalue weighted by Crippen LogP contribution is 2.34. The number of carbonyl (C=O) groups is 1. The van der Waals surface area contributed by atoms with Gasteiger partial charge in [0.25, 0.3) is 5.91 Å². The molecule has 128 valence electrons. The summed E-state index contributed by atoms with van der Waals surface area (Å²) < 4.78 is 2.28. The van der Waals surface area contributed by atoms with Crippen LogP contribution in [0.1, 0.15) is 52.9 Å². The fraction of sp³-hybridized carbons (Fsp3) is 0.611. The molecule has 1 saturated heterocycles. The lowest BCUT2D eigenvalue weighted by Crippen LogP contribution is -2.41. The number of hydrogen-bond donors (Lipinski definition) is 0. The summed E-state index contributed by atoms with van der Waals surface area (Å²) in [7, 11) is 0. The van der Waals surface area contributed by atoms with Crippen LogP contribution in [0.5, 0.6) is 0 Å². The number of carbonyl (C=O) groups excluding carboxylic acids is 1. The standard InChI is InChI=1S/C18H24N4OS/c1-11(2)8-16-19-20-17-9-13-5-6-14(10-21(16)17)22(13)18(23)15-7-4-12(3)24-15/h4,7,11,13-14H,5-6,8-10H2,1-3H3. The summed E-state index contributed by atoms with van der Waals surface area (Å²) in [5.74, 6) is 2.89. The van der Waals surface area contributed by atoms with E-state index in [9.17, 15) is 4.79 Å². The molecule has 4 heterocycles. The molecule has 6 heteroatoms. The maximum atomic E-state index is 13.1. The minimum Gasteiger partial charge on any atom is -0.330 e. The molecule has 24 heavy (non-hydrogen) atoms. The quantitative estimate of drug-likeness (QED) is 0.860. The summed E-state index contributed by atoms with van der Waals surface area (Å²) in [4.78, 5) is 17.2. The fourth-order valence-electron chi connectivity index (χ4n) is 4.02. The number of hydrogen-bond acceptors (Lipinski definition) is 4. The normalized spacial score (nSPS) is 22.8. The van der Waals surface area contributed by atoms with Crippen molar-refractivity contribution in [1.82, 2.24) is 19.7 Å². The van der Waals surface area contributed by atoms with Crippen molar-refractivity contribution in [3.63, 3.8) is 0 Å². The monoisotopic (exact) mass is 344 g/mol. The number of amides is 1. The van der Waals surface area contributed by atoms with Crippen LogP contribution in [0.15, 0.2) is 12.1 Å². The lowest BCUT2D eigenvalue weighted by atomic mass is 10.1. The molecule has 4 rings (SSSR count). The van der Waals surface area contributed by atoms with Crippen molar-refractivity contribution in [2.75, 3.05) is 0 Å². The second-order valence-electron chi connectivity index (χ2n) is 7.45. The minimum atomic E-state index is 0.199. The Morgan fingerprint density at radius 1 is 1.29 bits per heavy atom. The van der Waals surface area contributed by atoms with Crippen molar-refractivity contribution in [1.29, 1.82) is 0 Å². The molecule has 1 fully saturated rings. The highest BCUT2D eigenvalue weighted by molar-refractivity contribution is 7.13. The van der Waals surface area contributed by atoms with Crippen molar-refractivity contribution >= 4 is 17.2 Å². The van der Waals surface area contributed by atoms with Crippen LogP contribution in [-0.2, 0) is 19.4 Å². The Hall–Kier alpha value is -1.69. The van der Waals surface area contributed by atoms with Gasteiger partial charge < -0.3 is 9.47 Å². The van der Waals surface area contributed by atoms with Gasteiger partial charge in [0.05, 0.1) is 10.9 Å². The first-order chi connectivity index (χ1) is 11.5. The number of nitrogens with zero attached hydrogens (tertiary/aromatic N) is 4. The fourth-order valence-corrected chi connectivity index (χ4v) is 4.83. The Labute approximate surface area is 146 Å². The van der Waals surface area contributed by atoms with E-state index in [0.717, 1.165) is 48.8 Å². The molecule has 1 amide bonds. The van der Waals surface area contributed by atoms with Crippen LogP contribution in [0.2, 0.25) is 0 Å². The van der Waals surface area contributed by atoms with Crippen molar-refractivity contribution in [2.24, 2.45) is 5.92 Å². The van der Waals surface area contributed by atoms with Gasteiger partial charge in [-0.2, -0.15) is 0 Å². The van der Waals surface area contributed by atoms with Gasteiger partial charge in [-0.15, -0.1) is 21.5 Å². The van der Waals surface area contributed by atoms with Gasteiger partial charge in [0.1, 0.15) is 11.6 Å². The Bertz CT molecular complexity index is 763. The Kier molecular flexibility index (Phi) is 3.95. The van der Waals surface area contributed by atoms with Crippen LogP contribution < -0.4 is 0 Å². The number of rotatable bonds is 3.